The number of urea groups is 1. The van der Waals surface area contributed by atoms with E-state index in [-0.39, 0.29) is 5.56 Å². The van der Waals surface area contributed by atoms with E-state index >= 15 is 0 Å². The second kappa shape index (κ2) is 9.50. The summed E-state index contributed by atoms with van der Waals surface area (Å²) in [5, 5.41) is 13.4. The van der Waals surface area contributed by atoms with E-state index in [4.69, 9.17) is 23.2 Å². The second-order valence-corrected chi connectivity index (χ2v) is 9.55. The summed E-state index contributed by atoms with van der Waals surface area (Å²) in [4.78, 5) is 16.7. The van der Waals surface area contributed by atoms with Crippen molar-refractivity contribution in [1.29, 1.82) is 0 Å². The van der Waals surface area contributed by atoms with Gasteiger partial charge in [0.15, 0.2) is 5.72 Å². The molecule has 2 atom stereocenters. The number of hydrogen-bond donors (Lipinski definition) is 1. The van der Waals surface area contributed by atoms with E-state index in [1.165, 1.54) is 21.9 Å². The normalized spacial score (nSPS) is 22.3. The third-order valence-electron chi connectivity index (χ3n) is 6.33. The number of nitrogens with zero attached hydrogens (tertiary/aromatic N) is 2. The molecule has 190 valence electrons. The number of ether oxygens (including phenoxy) is 1. The van der Waals surface area contributed by atoms with Crippen LogP contribution in [0.2, 0.25) is 10.0 Å². The highest BCUT2D eigenvalue weighted by Gasteiger charge is 2.65. The Hall–Kier alpha value is -2.94. The Morgan fingerprint density at radius 1 is 0.917 bits per heavy atom. The molecule has 1 aliphatic heterocycles. The predicted octanol–water partition coefficient (Wildman–Crippen LogP) is 7.74. The quantitative estimate of drug-likeness (QED) is 0.349. The number of carbonyl (C=O) groups is 1. The van der Waals surface area contributed by atoms with E-state index in [0.29, 0.717) is 34.3 Å². The number of hydrogen-bond acceptors (Lipinski definition) is 3. The van der Waals surface area contributed by atoms with Crippen molar-refractivity contribution in [2.24, 2.45) is 0 Å². The monoisotopic (exact) mass is 538 g/mol. The molecule has 0 spiro atoms. The Kier molecular flexibility index (Phi) is 6.90. The van der Waals surface area contributed by atoms with Crippen molar-refractivity contribution >= 4 is 40.6 Å². The molecule has 1 N–H and O–H groups in total. The van der Waals surface area contributed by atoms with Crippen LogP contribution in [0.15, 0.2) is 72.8 Å². The molecule has 3 aromatic carbocycles. The van der Waals surface area contributed by atoms with Crippen molar-refractivity contribution < 1.29 is 27.8 Å². The highest BCUT2D eigenvalue weighted by atomic mass is 35.5. The molecule has 3 aromatic rings. The Labute approximate surface area is 216 Å². The van der Waals surface area contributed by atoms with E-state index in [0.717, 1.165) is 12.1 Å². The summed E-state index contributed by atoms with van der Waals surface area (Å²) in [5.74, 6) is -0.513. The van der Waals surface area contributed by atoms with Crippen LogP contribution >= 0.6 is 23.2 Å². The zero-order chi connectivity index (χ0) is 26.3. The Morgan fingerprint density at radius 2 is 1.44 bits per heavy atom. The summed E-state index contributed by atoms with van der Waals surface area (Å²) in [6.45, 7) is 3.60. The van der Waals surface area contributed by atoms with Gasteiger partial charge >= 0.3 is 12.4 Å². The number of halogens is 5. The Morgan fingerprint density at radius 3 is 1.94 bits per heavy atom. The van der Waals surface area contributed by atoms with Crippen molar-refractivity contribution in [3.05, 3.63) is 88.4 Å². The van der Waals surface area contributed by atoms with Gasteiger partial charge in [-0.25, -0.2) is 4.79 Å². The van der Waals surface area contributed by atoms with E-state index in [1.54, 1.807) is 55.5 Å². The molecule has 5 nitrogen and oxygen atoms in total. The largest absolute Gasteiger partial charge is 0.573 e. The summed E-state index contributed by atoms with van der Waals surface area (Å²) in [5.41, 5.74) is -2.58. The SMILES string of the molecule is CCCC1(C)N(c2ccc(Cl)cc2)C(=O)N(c2ccc(Cl)cc2)C1(O)c1cccc(OC(F)(F)F)c1. The maximum Gasteiger partial charge on any atom is 0.573 e. The molecule has 10 heteroatoms. The first kappa shape index (κ1) is 26.1. The van der Waals surface area contributed by atoms with Crippen LogP contribution in [-0.2, 0) is 5.72 Å². The zero-order valence-electron chi connectivity index (χ0n) is 19.4. The van der Waals surface area contributed by atoms with Crippen molar-refractivity contribution in [2.45, 2.75) is 44.3 Å². The molecule has 1 saturated heterocycles. The smallest absolute Gasteiger partial charge is 0.406 e. The van der Waals surface area contributed by atoms with E-state index in [2.05, 4.69) is 4.74 Å². The van der Waals surface area contributed by atoms with Gasteiger partial charge in [0, 0.05) is 27.0 Å². The lowest BCUT2D eigenvalue weighted by molar-refractivity contribution is -0.274. The molecule has 0 bridgehead atoms. The standard InChI is InChI=1S/C26H23Cl2F3N2O3/c1-3-15-24(2)25(35,17-5-4-6-22(16-17)36-26(29,30)31)33(21-13-9-19(28)10-14-21)23(34)32(24)20-11-7-18(27)8-12-20/h4-14,16,35H,3,15H2,1-2H3. The zero-order valence-corrected chi connectivity index (χ0v) is 20.9. The van der Waals surface area contributed by atoms with Crippen LogP contribution in [-0.4, -0.2) is 23.0 Å². The number of benzene rings is 3. The van der Waals surface area contributed by atoms with Gasteiger partial charge < -0.3 is 9.84 Å². The number of amides is 2. The summed E-state index contributed by atoms with van der Waals surface area (Å²) in [7, 11) is 0. The molecule has 1 aliphatic rings. The van der Waals surface area contributed by atoms with Crippen LogP contribution in [0.25, 0.3) is 0 Å². The van der Waals surface area contributed by atoms with Crippen LogP contribution in [0, 0.1) is 0 Å². The minimum atomic E-state index is -4.93. The maximum atomic E-state index is 14.1. The highest BCUT2D eigenvalue weighted by Crippen LogP contribution is 2.53. The minimum Gasteiger partial charge on any atom is -0.406 e. The van der Waals surface area contributed by atoms with Gasteiger partial charge in [-0.15, -0.1) is 13.2 Å². The Balaban J connectivity index is 1.98. The average molecular weight is 539 g/mol. The van der Waals surface area contributed by atoms with E-state index in [1.807, 2.05) is 6.92 Å². The predicted molar refractivity (Wildman–Crippen MR) is 134 cm³/mol. The molecule has 1 fully saturated rings. The molecule has 1 heterocycles. The van der Waals surface area contributed by atoms with Crippen LogP contribution in [0.3, 0.4) is 0 Å². The molecular weight excluding hydrogens is 516 g/mol. The molecule has 2 amide bonds. The third kappa shape index (κ3) is 4.49. The van der Waals surface area contributed by atoms with Crippen LogP contribution in [0.1, 0.15) is 32.3 Å². The maximum absolute atomic E-state index is 14.1. The van der Waals surface area contributed by atoms with Gasteiger partial charge in [0.1, 0.15) is 5.75 Å². The van der Waals surface area contributed by atoms with E-state index in [9.17, 15) is 23.1 Å². The van der Waals surface area contributed by atoms with Gasteiger partial charge in [-0.2, -0.15) is 0 Å². The fourth-order valence-electron chi connectivity index (χ4n) is 4.84. The summed E-state index contributed by atoms with van der Waals surface area (Å²) in [6, 6.07) is 17.3. The number of anilines is 2. The van der Waals surface area contributed by atoms with Gasteiger partial charge in [0.05, 0.1) is 5.54 Å². The van der Waals surface area contributed by atoms with Gasteiger partial charge in [0.2, 0.25) is 0 Å². The number of alkyl halides is 3. The summed E-state index contributed by atoms with van der Waals surface area (Å²) in [6.07, 6.45) is -4.06. The molecule has 0 aromatic heterocycles. The van der Waals surface area contributed by atoms with Crippen LogP contribution < -0.4 is 14.5 Å². The molecule has 0 aliphatic carbocycles. The third-order valence-corrected chi connectivity index (χ3v) is 6.83. The fraction of sp³-hybridized carbons (Fsp3) is 0.269. The lowest BCUT2D eigenvalue weighted by atomic mass is 9.78. The first-order chi connectivity index (χ1) is 16.9. The van der Waals surface area contributed by atoms with Crippen LogP contribution in [0.4, 0.5) is 29.3 Å². The first-order valence-electron chi connectivity index (χ1n) is 11.1. The number of carbonyl (C=O) groups excluding carboxylic acids is 1. The fourth-order valence-corrected chi connectivity index (χ4v) is 5.09. The van der Waals surface area contributed by atoms with E-state index < -0.39 is 29.4 Å². The molecule has 2 unspecified atom stereocenters. The molecule has 36 heavy (non-hydrogen) atoms. The van der Waals surface area contributed by atoms with Crippen molar-refractivity contribution in [1.82, 2.24) is 0 Å². The molecule has 0 radical (unpaired) electrons. The van der Waals surface area contributed by atoms with Gasteiger partial charge in [-0.05, 0) is 74.0 Å². The second-order valence-electron chi connectivity index (χ2n) is 8.68. The molecular formula is C26H23Cl2F3N2O3. The summed E-state index contributed by atoms with van der Waals surface area (Å²) < 4.78 is 43.1. The van der Waals surface area contributed by atoms with Crippen molar-refractivity contribution in [2.75, 3.05) is 9.80 Å². The van der Waals surface area contributed by atoms with Gasteiger partial charge in [-0.3, -0.25) is 9.80 Å². The average Bonchev–Trinajstić information content (AvgIpc) is 2.98. The Bertz CT molecular complexity index is 1250. The number of rotatable bonds is 6. The molecule has 0 saturated carbocycles. The van der Waals surface area contributed by atoms with Gasteiger partial charge in [0.25, 0.3) is 0 Å². The molecule has 4 rings (SSSR count). The highest BCUT2D eigenvalue weighted by molar-refractivity contribution is 6.31. The first-order valence-corrected chi connectivity index (χ1v) is 11.9. The summed E-state index contributed by atoms with van der Waals surface area (Å²) >= 11 is 12.1. The number of aliphatic hydroxyl groups is 1. The minimum absolute atomic E-state index is 0.0555. The van der Waals surface area contributed by atoms with Gasteiger partial charge in [-0.1, -0.05) is 48.7 Å². The van der Waals surface area contributed by atoms with Crippen LogP contribution in [0.5, 0.6) is 5.75 Å². The van der Waals surface area contributed by atoms with Crippen molar-refractivity contribution in [3.63, 3.8) is 0 Å². The lowest BCUT2D eigenvalue weighted by Crippen LogP contribution is -2.58. The topological polar surface area (TPSA) is 53.0 Å². The van der Waals surface area contributed by atoms with Crippen molar-refractivity contribution in [3.8, 4) is 5.75 Å². The lowest BCUT2D eigenvalue weighted by Gasteiger charge is -2.45.